The van der Waals surface area contributed by atoms with Gasteiger partial charge in [-0.15, -0.1) is 24.4 Å². The second kappa shape index (κ2) is 12.7. The number of thiol groups is 1. The molecule has 1 heterocycles. The average Bonchev–Trinajstić information content (AvgIpc) is 2.97. The number of nitrogens with zero attached hydrogens (tertiary/aromatic N) is 2. The van der Waals surface area contributed by atoms with Crippen LogP contribution in [-0.2, 0) is 14.6 Å². The number of pyridine rings is 1. The molecule has 1 unspecified atom stereocenters. The van der Waals surface area contributed by atoms with E-state index in [9.17, 15) is 23.1 Å². The molecule has 206 valence electrons. The van der Waals surface area contributed by atoms with Crippen LogP contribution in [0.25, 0.3) is 22.3 Å². The fourth-order valence-electron chi connectivity index (χ4n) is 4.33. The van der Waals surface area contributed by atoms with Crippen molar-refractivity contribution in [2.24, 2.45) is 5.84 Å². The van der Waals surface area contributed by atoms with Gasteiger partial charge in [-0.05, 0) is 41.1 Å². The van der Waals surface area contributed by atoms with E-state index in [4.69, 9.17) is 5.84 Å². The Morgan fingerprint density at radius 1 is 0.950 bits per heavy atom. The predicted octanol–water partition coefficient (Wildman–Crippen LogP) is 5.03. The zero-order chi connectivity index (χ0) is 28.9. The number of benzene rings is 3. The van der Waals surface area contributed by atoms with Gasteiger partial charge in [-0.25, -0.2) is 19.1 Å². The molecule has 2 atom stereocenters. The van der Waals surface area contributed by atoms with E-state index >= 15 is 0 Å². The minimum atomic E-state index is -4.11. The third kappa shape index (κ3) is 6.07. The van der Waals surface area contributed by atoms with Crippen LogP contribution < -0.4 is 5.84 Å². The lowest BCUT2D eigenvalue weighted by Crippen LogP contribution is -2.51. The molecule has 11 heteroatoms. The highest BCUT2D eigenvalue weighted by atomic mass is 32.3. The van der Waals surface area contributed by atoms with E-state index in [1.165, 1.54) is 6.07 Å². The van der Waals surface area contributed by atoms with Crippen LogP contribution in [0.5, 0.6) is 0 Å². The number of hydrogen-bond donors (Lipinski definition) is 3. The molecule has 0 spiro atoms. The van der Waals surface area contributed by atoms with Crippen LogP contribution in [0.2, 0.25) is 0 Å². The Hall–Kier alpha value is -3.64. The van der Waals surface area contributed by atoms with Gasteiger partial charge in [0.15, 0.2) is 9.84 Å². The summed E-state index contributed by atoms with van der Waals surface area (Å²) >= 11 is 5.49. The van der Waals surface area contributed by atoms with Crippen molar-refractivity contribution in [1.82, 2.24) is 9.99 Å². The summed E-state index contributed by atoms with van der Waals surface area (Å²) in [5.41, 5.74) is 2.79. The average molecular weight is 594 g/mol. The molecule has 0 radical (unpaired) electrons. The van der Waals surface area contributed by atoms with Crippen LogP contribution >= 0.6 is 24.4 Å². The number of amides is 1. The Morgan fingerprint density at radius 3 is 2.25 bits per heavy atom. The number of nitrogens with two attached hydrogens (primary N) is 1. The number of carbonyl (C=O) groups excluding carboxylic acids is 1. The molecule has 3 aromatic carbocycles. The van der Waals surface area contributed by atoms with Crippen molar-refractivity contribution in [2.45, 2.75) is 26.8 Å². The Balaban J connectivity index is 1.66. The maximum absolute atomic E-state index is 13.8. The minimum absolute atomic E-state index is 0.0509. The second-order valence-electron chi connectivity index (χ2n) is 8.82. The summed E-state index contributed by atoms with van der Waals surface area (Å²) in [7, 11) is -4.11. The number of aromatic nitrogens is 1. The van der Waals surface area contributed by atoms with E-state index in [0.717, 1.165) is 17.3 Å². The summed E-state index contributed by atoms with van der Waals surface area (Å²) < 4.78 is 26.4. The SMILES string of the molecule is CSC(C[C@@H](C(=O)O)N(N)C(=O)c1ccccc1-c1ccccc1)S(=O)(=O)c1cccc(-c2cccnc2)c1S. The first kappa shape index (κ1) is 29.3. The number of aliphatic carboxylic acids is 1. The predicted molar refractivity (Wildman–Crippen MR) is 160 cm³/mol. The van der Waals surface area contributed by atoms with Crippen molar-refractivity contribution in [1.29, 1.82) is 0 Å². The molecule has 4 rings (SSSR count). The first-order valence-electron chi connectivity index (χ1n) is 12.1. The first-order valence-corrected chi connectivity index (χ1v) is 15.4. The topological polar surface area (TPSA) is 131 Å². The van der Waals surface area contributed by atoms with E-state index in [1.54, 1.807) is 67.2 Å². The van der Waals surface area contributed by atoms with Crippen molar-refractivity contribution in [3.8, 4) is 22.3 Å². The molecule has 4 aromatic rings. The monoisotopic (exact) mass is 593 g/mol. The highest BCUT2D eigenvalue weighted by molar-refractivity contribution is 8.13. The van der Waals surface area contributed by atoms with Crippen molar-refractivity contribution in [3.63, 3.8) is 0 Å². The third-order valence-electron chi connectivity index (χ3n) is 6.40. The fourth-order valence-corrected chi connectivity index (χ4v) is 8.06. The molecule has 0 fully saturated rings. The molecule has 0 aliphatic carbocycles. The lowest BCUT2D eigenvalue weighted by molar-refractivity contribution is -0.142. The first-order chi connectivity index (χ1) is 19.2. The zero-order valence-corrected chi connectivity index (χ0v) is 23.9. The molecule has 0 bridgehead atoms. The molecule has 1 aromatic heterocycles. The summed E-state index contributed by atoms with van der Waals surface area (Å²) in [4.78, 5) is 30.1. The lowest BCUT2D eigenvalue weighted by Gasteiger charge is -2.28. The molecule has 8 nitrogen and oxygen atoms in total. The van der Waals surface area contributed by atoms with Gasteiger partial charge >= 0.3 is 5.97 Å². The molecular formula is C29H27N3O5S3. The Labute approximate surface area is 242 Å². The van der Waals surface area contributed by atoms with Crippen molar-refractivity contribution >= 4 is 46.1 Å². The minimum Gasteiger partial charge on any atom is -0.480 e. The van der Waals surface area contributed by atoms with Crippen molar-refractivity contribution in [2.75, 3.05) is 6.26 Å². The Kier molecular flexibility index (Phi) is 9.31. The van der Waals surface area contributed by atoms with Crippen LogP contribution in [0.4, 0.5) is 0 Å². The number of carboxylic acid groups (broad SMARTS) is 1. The van der Waals surface area contributed by atoms with E-state index in [2.05, 4.69) is 17.6 Å². The normalized spacial score (nSPS) is 12.9. The van der Waals surface area contributed by atoms with Crippen LogP contribution in [0.15, 0.2) is 107 Å². The number of hydrazine groups is 1. The number of thioether (sulfide) groups is 1. The van der Waals surface area contributed by atoms with Crippen molar-refractivity contribution in [3.05, 3.63) is 103 Å². The molecule has 3 N–H and O–H groups in total. The lowest BCUT2D eigenvalue weighted by atomic mass is 9.98. The summed E-state index contributed by atoms with van der Waals surface area (Å²) in [6.07, 6.45) is 4.33. The Bertz CT molecular complexity index is 1620. The molecule has 1 amide bonds. The molecule has 40 heavy (non-hydrogen) atoms. The van der Waals surface area contributed by atoms with Gasteiger partial charge in [-0.2, -0.15) is 0 Å². The van der Waals surface area contributed by atoms with Gasteiger partial charge in [0.05, 0.1) is 4.90 Å². The quantitative estimate of drug-likeness (QED) is 0.101. The zero-order valence-electron chi connectivity index (χ0n) is 21.4. The van der Waals surface area contributed by atoms with Crippen molar-refractivity contribution < 1.29 is 23.1 Å². The molecule has 0 saturated carbocycles. The number of rotatable bonds is 10. The van der Waals surface area contributed by atoms with Gasteiger partial charge in [0, 0.05) is 34.8 Å². The highest BCUT2D eigenvalue weighted by Crippen LogP contribution is 2.36. The van der Waals surface area contributed by atoms with E-state index in [-0.39, 0.29) is 15.4 Å². The van der Waals surface area contributed by atoms with E-state index in [1.807, 2.05) is 30.3 Å². The number of carbonyl (C=O) groups is 2. The highest BCUT2D eigenvalue weighted by Gasteiger charge is 2.38. The second-order valence-corrected chi connectivity index (χ2v) is 12.7. The largest absolute Gasteiger partial charge is 0.480 e. The summed E-state index contributed by atoms with van der Waals surface area (Å²) in [6.45, 7) is 0. The van der Waals surface area contributed by atoms with Crippen LogP contribution in [0, 0.1) is 0 Å². The maximum Gasteiger partial charge on any atom is 0.328 e. The summed E-state index contributed by atoms with van der Waals surface area (Å²) in [5, 5.41) is 10.7. The number of hydrogen-bond acceptors (Lipinski definition) is 8. The van der Waals surface area contributed by atoms with E-state index < -0.39 is 38.8 Å². The number of carboxylic acids is 1. The molecule has 0 aliphatic heterocycles. The van der Waals surface area contributed by atoms with Crippen LogP contribution in [-0.4, -0.2) is 52.3 Å². The van der Waals surface area contributed by atoms with Gasteiger partial charge in [-0.3, -0.25) is 14.8 Å². The third-order valence-corrected chi connectivity index (χ3v) is 10.9. The van der Waals surface area contributed by atoms with Gasteiger partial charge in [-0.1, -0.05) is 66.7 Å². The molecule has 0 aliphatic rings. The van der Waals surface area contributed by atoms with Crippen LogP contribution in [0.1, 0.15) is 16.8 Å². The van der Waals surface area contributed by atoms with Gasteiger partial charge in [0.2, 0.25) is 0 Å². The summed E-state index contributed by atoms with van der Waals surface area (Å²) in [6, 6.07) is 22.5. The van der Waals surface area contributed by atoms with Crippen LogP contribution in [0.3, 0.4) is 0 Å². The smallest absolute Gasteiger partial charge is 0.328 e. The molecular weight excluding hydrogens is 567 g/mol. The van der Waals surface area contributed by atoms with Gasteiger partial charge in [0.1, 0.15) is 10.6 Å². The maximum atomic E-state index is 13.8. The van der Waals surface area contributed by atoms with Gasteiger partial charge < -0.3 is 5.11 Å². The standard InChI is InChI=1S/C29H27N3O5S3/c1-39-26(40(36,37)25-15-7-14-22(27(25)38)20-11-8-16-31-18-20)17-24(29(34)35)32(30)28(33)23-13-6-5-12-21(23)19-9-3-2-4-10-19/h2-16,18,24,26,38H,17,30H2,1H3,(H,34,35)/t24-,26?/m0/s1. The number of sulfone groups is 1. The summed E-state index contributed by atoms with van der Waals surface area (Å²) in [5.74, 6) is 3.98. The van der Waals surface area contributed by atoms with E-state index in [0.29, 0.717) is 21.7 Å². The fraction of sp³-hybridized carbons (Fsp3) is 0.138. The van der Waals surface area contributed by atoms with Gasteiger partial charge in [0.25, 0.3) is 5.91 Å². The molecule has 0 saturated heterocycles. The Morgan fingerprint density at radius 2 is 1.60 bits per heavy atom.